The van der Waals surface area contributed by atoms with Crippen LogP contribution in [0.4, 0.5) is 0 Å². The first-order chi connectivity index (χ1) is 15.8. The largest absolute Gasteiger partial charge is 0.495 e. The summed E-state index contributed by atoms with van der Waals surface area (Å²) < 4.78 is 20.0. The Labute approximate surface area is 196 Å². The van der Waals surface area contributed by atoms with Gasteiger partial charge in [-0.2, -0.15) is 0 Å². The number of hydrogen-bond donors (Lipinski definition) is 0. The molecule has 0 spiro atoms. The van der Waals surface area contributed by atoms with E-state index in [1.807, 2.05) is 24.7 Å². The standard InChI is InChI=1S/C28H32N2O3/c1-18(2)29-28(26-19(3)11-12-30(26)6)33-27-20(4)15-24(16-21(27)5)22-7-8-23-17-31-13-14-32-25(23)10-9-22/h7-9,11-12,15-16H,1,10,13-14,17H2,2-6H3. The summed E-state index contributed by atoms with van der Waals surface area (Å²) in [5.74, 6) is 2.39. The highest BCUT2D eigenvalue weighted by molar-refractivity contribution is 5.96. The predicted octanol–water partition coefficient (Wildman–Crippen LogP) is 5.95. The minimum absolute atomic E-state index is 0.560. The zero-order valence-electron chi connectivity index (χ0n) is 20.2. The molecule has 0 amide bonds. The van der Waals surface area contributed by atoms with Gasteiger partial charge in [-0.15, -0.1) is 0 Å². The molecule has 0 unspecified atom stereocenters. The minimum Gasteiger partial charge on any atom is -0.495 e. The van der Waals surface area contributed by atoms with Gasteiger partial charge in [-0.3, -0.25) is 0 Å². The van der Waals surface area contributed by atoms with Gasteiger partial charge < -0.3 is 18.8 Å². The summed E-state index contributed by atoms with van der Waals surface area (Å²) in [6.07, 6.45) is 9.26. The molecule has 1 aliphatic carbocycles. The highest BCUT2D eigenvalue weighted by atomic mass is 16.5. The molecule has 0 bridgehead atoms. The normalized spacial score (nSPS) is 16.5. The average Bonchev–Trinajstić information content (AvgIpc) is 2.92. The summed E-state index contributed by atoms with van der Waals surface area (Å²) in [4.78, 5) is 4.62. The Morgan fingerprint density at radius 3 is 2.52 bits per heavy atom. The van der Waals surface area contributed by atoms with E-state index in [-0.39, 0.29) is 0 Å². The number of aliphatic imine (C=N–C) groups is 1. The second-order valence-corrected chi connectivity index (χ2v) is 8.70. The van der Waals surface area contributed by atoms with Crippen molar-refractivity contribution in [3.05, 3.63) is 94.2 Å². The van der Waals surface area contributed by atoms with E-state index in [2.05, 4.69) is 68.8 Å². The van der Waals surface area contributed by atoms with Gasteiger partial charge in [0.15, 0.2) is 0 Å². The van der Waals surface area contributed by atoms with Crippen LogP contribution >= 0.6 is 0 Å². The number of ether oxygens (including phenoxy) is 3. The van der Waals surface area contributed by atoms with Crippen LogP contribution in [0.15, 0.2) is 71.2 Å². The Balaban J connectivity index is 1.64. The van der Waals surface area contributed by atoms with E-state index < -0.39 is 0 Å². The maximum atomic E-state index is 6.44. The number of benzene rings is 1. The van der Waals surface area contributed by atoms with E-state index >= 15 is 0 Å². The zero-order valence-corrected chi connectivity index (χ0v) is 20.2. The van der Waals surface area contributed by atoms with Crippen molar-refractivity contribution in [3.63, 3.8) is 0 Å². The molecule has 2 heterocycles. The van der Waals surface area contributed by atoms with Crippen molar-refractivity contribution in [2.45, 2.75) is 34.1 Å². The molecule has 0 saturated heterocycles. The van der Waals surface area contributed by atoms with Crippen molar-refractivity contribution in [1.29, 1.82) is 0 Å². The lowest BCUT2D eigenvalue weighted by Gasteiger charge is -2.17. The van der Waals surface area contributed by atoms with Crippen LogP contribution in [-0.4, -0.2) is 30.3 Å². The number of nitrogens with zero attached hydrogens (tertiary/aromatic N) is 2. The molecule has 0 atom stereocenters. The van der Waals surface area contributed by atoms with E-state index in [9.17, 15) is 0 Å². The lowest BCUT2D eigenvalue weighted by Crippen LogP contribution is -2.17. The van der Waals surface area contributed by atoms with Crippen molar-refractivity contribution < 1.29 is 14.2 Å². The molecule has 0 N–H and O–H groups in total. The fourth-order valence-corrected chi connectivity index (χ4v) is 4.23. The molecule has 172 valence electrons. The van der Waals surface area contributed by atoms with Crippen LogP contribution in [-0.2, 0) is 16.5 Å². The van der Waals surface area contributed by atoms with Gasteiger partial charge in [-0.25, -0.2) is 4.99 Å². The zero-order chi connectivity index (χ0) is 23.5. The SMILES string of the molecule is C=C(C)N=C(Oc1c(C)cc(C2=CCC3=C(C=C2)COCCO3)cc1C)c1c(C)ccn1C. The van der Waals surface area contributed by atoms with Crippen molar-refractivity contribution in [2.75, 3.05) is 19.8 Å². The van der Waals surface area contributed by atoms with Crippen LogP contribution in [0, 0.1) is 20.8 Å². The third kappa shape index (κ3) is 5.04. The fourth-order valence-electron chi connectivity index (χ4n) is 4.23. The molecule has 0 radical (unpaired) electrons. The topological polar surface area (TPSA) is 45.0 Å². The van der Waals surface area contributed by atoms with Crippen molar-refractivity contribution in [1.82, 2.24) is 4.57 Å². The van der Waals surface area contributed by atoms with Crippen molar-refractivity contribution >= 4 is 11.5 Å². The van der Waals surface area contributed by atoms with Gasteiger partial charge in [0.05, 0.1) is 13.2 Å². The Hall–Kier alpha value is -3.31. The molecule has 5 heteroatoms. The van der Waals surface area contributed by atoms with Crippen LogP contribution < -0.4 is 4.74 Å². The van der Waals surface area contributed by atoms with Crippen molar-refractivity contribution in [2.24, 2.45) is 12.0 Å². The molecule has 1 aromatic heterocycles. The molecule has 5 nitrogen and oxygen atoms in total. The number of allylic oxidation sites excluding steroid dienone is 4. The highest BCUT2D eigenvalue weighted by Crippen LogP contribution is 2.32. The average molecular weight is 445 g/mol. The Bertz CT molecular complexity index is 1170. The summed E-state index contributed by atoms with van der Waals surface area (Å²) in [6.45, 7) is 13.9. The third-order valence-electron chi connectivity index (χ3n) is 5.85. The van der Waals surface area contributed by atoms with Crippen LogP contribution in [0.3, 0.4) is 0 Å². The molecule has 4 rings (SSSR count). The smallest absolute Gasteiger partial charge is 0.243 e. The maximum absolute atomic E-state index is 6.44. The molecule has 33 heavy (non-hydrogen) atoms. The quantitative estimate of drug-likeness (QED) is 0.432. The second kappa shape index (κ2) is 9.67. The first-order valence-corrected chi connectivity index (χ1v) is 11.3. The molecule has 1 aliphatic heterocycles. The monoisotopic (exact) mass is 444 g/mol. The van der Waals surface area contributed by atoms with E-state index in [0.717, 1.165) is 51.5 Å². The molecule has 1 aromatic carbocycles. The number of aromatic nitrogens is 1. The van der Waals surface area contributed by atoms with Crippen LogP contribution in [0.1, 0.15) is 41.3 Å². The lowest BCUT2D eigenvalue weighted by molar-refractivity contribution is 0.109. The predicted molar refractivity (Wildman–Crippen MR) is 134 cm³/mol. The summed E-state index contributed by atoms with van der Waals surface area (Å²) in [5, 5.41) is 0. The molecule has 2 aromatic rings. The molecule has 0 fully saturated rings. The third-order valence-corrected chi connectivity index (χ3v) is 5.85. The summed E-state index contributed by atoms with van der Waals surface area (Å²) in [5.41, 5.74) is 8.30. The summed E-state index contributed by atoms with van der Waals surface area (Å²) >= 11 is 0. The number of rotatable bonds is 4. The van der Waals surface area contributed by atoms with Gasteiger partial charge in [-0.05, 0) is 73.7 Å². The van der Waals surface area contributed by atoms with Gasteiger partial charge in [0.1, 0.15) is 23.8 Å². The van der Waals surface area contributed by atoms with Gasteiger partial charge in [-0.1, -0.05) is 24.8 Å². The molecule has 2 aliphatic rings. The van der Waals surface area contributed by atoms with Crippen LogP contribution in [0.2, 0.25) is 0 Å². The van der Waals surface area contributed by atoms with Gasteiger partial charge in [0, 0.05) is 30.9 Å². The maximum Gasteiger partial charge on any atom is 0.243 e. The molecule has 0 saturated carbocycles. The lowest BCUT2D eigenvalue weighted by atomic mass is 9.98. The van der Waals surface area contributed by atoms with E-state index in [4.69, 9.17) is 14.2 Å². The highest BCUT2D eigenvalue weighted by Gasteiger charge is 2.18. The van der Waals surface area contributed by atoms with Crippen molar-refractivity contribution in [3.8, 4) is 5.75 Å². The fraction of sp³-hybridized carbons (Fsp3) is 0.321. The number of hydrogen-bond acceptors (Lipinski definition) is 4. The summed E-state index contributed by atoms with van der Waals surface area (Å²) in [6, 6.07) is 6.40. The Morgan fingerprint density at radius 2 is 1.85 bits per heavy atom. The first-order valence-electron chi connectivity index (χ1n) is 11.3. The minimum atomic E-state index is 0.560. The van der Waals surface area contributed by atoms with Gasteiger partial charge >= 0.3 is 0 Å². The van der Waals surface area contributed by atoms with E-state index in [1.54, 1.807) is 0 Å². The van der Waals surface area contributed by atoms with Crippen LogP contribution in [0.5, 0.6) is 5.75 Å². The van der Waals surface area contributed by atoms with Crippen LogP contribution in [0.25, 0.3) is 5.57 Å². The Morgan fingerprint density at radius 1 is 1.09 bits per heavy atom. The van der Waals surface area contributed by atoms with Gasteiger partial charge in [0.25, 0.3) is 0 Å². The Kier molecular flexibility index (Phi) is 6.70. The van der Waals surface area contributed by atoms with E-state index in [0.29, 0.717) is 31.4 Å². The molecular weight excluding hydrogens is 412 g/mol. The first kappa shape index (κ1) is 22.9. The molecular formula is C28H32N2O3. The second-order valence-electron chi connectivity index (χ2n) is 8.70. The van der Waals surface area contributed by atoms with E-state index in [1.165, 1.54) is 5.57 Å². The number of aryl methyl sites for hydroxylation is 4. The van der Waals surface area contributed by atoms with Gasteiger partial charge in [0.2, 0.25) is 5.90 Å². The summed E-state index contributed by atoms with van der Waals surface area (Å²) in [7, 11) is 2.00.